The summed E-state index contributed by atoms with van der Waals surface area (Å²) in [6, 6.07) is 4.21. The topological polar surface area (TPSA) is 41.1 Å². The Morgan fingerprint density at radius 1 is 1.15 bits per heavy atom. The molecule has 40 heavy (non-hydrogen) atoms. The van der Waals surface area contributed by atoms with Gasteiger partial charge >= 0.3 is 6.18 Å². The zero-order valence-electron chi connectivity index (χ0n) is 24.2. The molecular formula is C33H43F3N4. The van der Waals surface area contributed by atoms with E-state index in [9.17, 15) is 13.2 Å². The van der Waals surface area contributed by atoms with Gasteiger partial charge in [-0.05, 0) is 70.4 Å². The van der Waals surface area contributed by atoms with Crippen LogP contribution in [-0.2, 0) is 6.42 Å². The molecule has 1 saturated heterocycles. The first-order chi connectivity index (χ1) is 19.1. The molecule has 0 radical (unpaired) electrons. The molecule has 3 heterocycles. The fourth-order valence-corrected chi connectivity index (χ4v) is 5.08. The first kappa shape index (κ1) is 31.2. The first-order valence-electron chi connectivity index (χ1n) is 14.3. The number of aryl methyl sites for hydroxylation is 1. The van der Waals surface area contributed by atoms with Gasteiger partial charge in [-0.15, -0.1) is 6.58 Å². The predicted molar refractivity (Wildman–Crippen MR) is 162 cm³/mol. The Hall–Kier alpha value is -3.35. The summed E-state index contributed by atoms with van der Waals surface area (Å²) in [4.78, 5) is 12.0. The number of allylic oxidation sites excluding steroid dienone is 5. The Bertz CT molecular complexity index is 1210. The predicted octanol–water partition coefficient (Wildman–Crippen LogP) is 9.36. The highest BCUT2D eigenvalue weighted by Gasteiger charge is 2.31. The first-order valence-corrected chi connectivity index (χ1v) is 14.3. The highest BCUT2D eigenvalue weighted by atomic mass is 19.4. The van der Waals surface area contributed by atoms with Gasteiger partial charge in [0.15, 0.2) is 0 Å². The van der Waals surface area contributed by atoms with Crippen molar-refractivity contribution < 1.29 is 13.2 Å². The number of halogens is 3. The Morgan fingerprint density at radius 2 is 1.90 bits per heavy atom. The van der Waals surface area contributed by atoms with Crippen LogP contribution in [-0.4, -0.2) is 29.2 Å². The molecule has 2 aromatic heterocycles. The number of unbranched alkanes of at least 4 members (excludes halogenated alkanes) is 1. The van der Waals surface area contributed by atoms with E-state index < -0.39 is 11.7 Å². The van der Waals surface area contributed by atoms with Crippen molar-refractivity contribution in [2.45, 2.75) is 78.3 Å². The van der Waals surface area contributed by atoms with Crippen molar-refractivity contribution in [3.8, 4) is 11.1 Å². The molecule has 216 valence electrons. The minimum atomic E-state index is -4.40. The third kappa shape index (κ3) is 9.10. The van der Waals surface area contributed by atoms with E-state index in [2.05, 4.69) is 41.3 Å². The Kier molecular flexibility index (Phi) is 11.6. The molecule has 0 aromatic carbocycles. The Labute approximate surface area is 237 Å². The third-order valence-electron chi connectivity index (χ3n) is 7.25. The summed E-state index contributed by atoms with van der Waals surface area (Å²) in [5.74, 6) is 0.531. The fraction of sp³-hybridized carbons (Fsp3) is 0.455. The van der Waals surface area contributed by atoms with Crippen molar-refractivity contribution in [2.75, 3.05) is 23.3 Å². The van der Waals surface area contributed by atoms with Crippen molar-refractivity contribution in [3.05, 3.63) is 84.6 Å². The highest BCUT2D eigenvalue weighted by molar-refractivity contribution is 5.73. The molecule has 4 nitrogen and oxygen atoms in total. The van der Waals surface area contributed by atoms with Crippen LogP contribution in [0.1, 0.15) is 70.2 Å². The van der Waals surface area contributed by atoms with Crippen molar-refractivity contribution in [1.29, 1.82) is 0 Å². The quantitative estimate of drug-likeness (QED) is 0.153. The van der Waals surface area contributed by atoms with Crippen LogP contribution in [0.25, 0.3) is 11.1 Å². The lowest BCUT2D eigenvalue weighted by Crippen LogP contribution is -2.30. The number of hydrogen-bond acceptors (Lipinski definition) is 4. The van der Waals surface area contributed by atoms with Crippen LogP contribution in [0.5, 0.6) is 0 Å². The Balaban J connectivity index is 1.85. The lowest BCUT2D eigenvalue weighted by atomic mass is 9.95. The number of aromatic nitrogens is 2. The summed E-state index contributed by atoms with van der Waals surface area (Å²) in [7, 11) is 0. The van der Waals surface area contributed by atoms with Gasteiger partial charge in [-0.25, -0.2) is 0 Å². The summed E-state index contributed by atoms with van der Waals surface area (Å²) < 4.78 is 39.6. The Morgan fingerprint density at radius 3 is 2.58 bits per heavy atom. The van der Waals surface area contributed by atoms with Gasteiger partial charge in [0, 0.05) is 48.2 Å². The summed E-state index contributed by atoms with van der Waals surface area (Å²) in [5, 5.41) is 3.14. The van der Waals surface area contributed by atoms with Gasteiger partial charge in [0.05, 0.1) is 28.8 Å². The maximum absolute atomic E-state index is 13.2. The monoisotopic (exact) mass is 552 g/mol. The average Bonchev–Trinajstić information content (AvgIpc) is 2.92. The number of hydrogen-bond donors (Lipinski definition) is 1. The van der Waals surface area contributed by atoms with E-state index in [1.807, 2.05) is 25.3 Å². The molecule has 2 aromatic rings. The second kappa shape index (κ2) is 14.9. The molecule has 1 aliphatic heterocycles. The van der Waals surface area contributed by atoms with Gasteiger partial charge in [0.2, 0.25) is 0 Å². The molecule has 0 spiro atoms. The number of nitrogens with zero attached hydrogens (tertiary/aromatic N) is 3. The number of anilines is 2. The highest BCUT2D eigenvalue weighted by Crippen LogP contribution is 2.33. The summed E-state index contributed by atoms with van der Waals surface area (Å²) in [5.41, 5.74) is 5.56. The summed E-state index contributed by atoms with van der Waals surface area (Å²) in [6.07, 6.45) is 12.7. The molecule has 0 bridgehead atoms. The minimum Gasteiger partial charge on any atom is -0.370 e. The molecule has 7 heteroatoms. The molecule has 0 amide bonds. The van der Waals surface area contributed by atoms with Crippen LogP contribution in [0.15, 0.2) is 73.3 Å². The number of piperidine rings is 1. The molecule has 3 rings (SSSR count). The van der Waals surface area contributed by atoms with Gasteiger partial charge in [0.25, 0.3) is 0 Å². The van der Waals surface area contributed by atoms with Crippen LogP contribution in [0, 0.1) is 12.8 Å². The molecule has 1 atom stereocenters. The van der Waals surface area contributed by atoms with E-state index in [-0.39, 0.29) is 6.42 Å². The van der Waals surface area contributed by atoms with Crippen LogP contribution in [0.2, 0.25) is 0 Å². The molecule has 1 N–H and O–H groups in total. The summed E-state index contributed by atoms with van der Waals surface area (Å²) in [6.45, 7) is 15.6. The second-order valence-corrected chi connectivity index (χ2v) is 10.7. The summed E-state index contributed by atoms with van der Waals surface area (Å²) >= 11 is 0. The van der Waals surface area contributed by atoms with E-state index in [1.54, 1.807) is 13.1 Å². The van der Waals surface area contributed by atoms with Gasteiger partial charge < -0.3 is 10.2 Å². The van der Waals surface area contributed by atoms with E-state index in [0.717, 1.165) is 73.4 Å². The zero-order valence-corrected chi connectivity index (χ0v) is 24.2. The average molecular weight is 553 g/mol. The van der Waals surface area contributed by atoms with Gasteiger partial charge in [-0.3, -0.25) is 9.97 Å². The largest absolute Gasteiger partial charge is 0.416 e. The number of nitrogens with one attached hydrogen (secondary N) is 1. The lowest BCUT2D eigenvalue weighted by molar-refractivity contribution is -0.0884. The van der Waals surface area contributed by atoms with E-state index in [1.165, 1.54) is 31.0 Å². The molecule has 1 aliphatic rings. The molecule has 0 aliphatic carbocycles. The third-order valence-corrected chi connectivity index (χ3v) is 7.25. The molecular weight excluding hydrogens is 509 g/mol. The maximum atomic E-state index is 13.2. The lowest BCUT2D eigenvalue weighted by Gasteiger charge is -2.31. The van der Waals surface area contributed by atoms with Crippen LogP contribution < -0.4 is 10.2 Å². The smallest absolute Gasteiger partial charge is 0.370 e. The van der Waals surface area contributed by atoms with Crippen molar-refractivity contribution >= 4 is 11.4 Å². The molecule has 0 saturated carbocycles. The van der Waals surface area contributed by atoms with Gasteiger partial charge in [-0.2, -0.15) is 13.2 Å². The normalized spacial score (nSPS) is 15.3. The van der Waals surface area contributed by atoms with Crippen LogP contribution in [0.3, 0.4) is 0 Å². The van der Waals surface area contributed by atoms with E-state index in [4.69, 9.17) is 4.98 Å². The molecule has 1 fully saturated rings. The van der Waals surface area contributed by atoms with Crippen molar-refractivity contribution in [3.63, 3.8) is 0 Å². The van der Waals surface area contributed by atoms with Crippen LogP contribution >= 0.6 is 0 Å². The zero-order chi connectivity index (χ0) is 29.1. The van der Waals surface area contributed by atoms with E-state index in [0.29, 0.717) is 17.3 Å². The number of alkyl halides is 3. The standard InChI is InChI=1S/C33H43F3N4/c1-6-8-10-14-24(3)19-31-32(40-17-11-9-12-18-40)20-27(22-38-31)30-21-29(23-37-26(30)5)39-25(4)15-16-28(13-7-2)33(34,35)36/h6-7,13,16,20-24,39H,1,4,8-12,14-15,17-19H2,2-3,5H3/b13-7-,28-16+. The van der Waals surface area contributed by atoms with Gasteiger partial charge in [0.1, 0.15) is 0 Å². The van der Waals surface area contributed by atoms with Crippen molar-refractivity contribution in [2.24, 2.45) is 5.92 Å². The van der Waals surface area contributed by atoms with Crippen LogP contribution in [0.4, 0.5) is 24.5 Å². The number of pyridine rings is 2. The van der Waals surface area contributed by atoms with Gasteiger partial charge in [-0.1, -0.05) is 44.2 Å². The number of rotatable bonds is 13. The minimum absolute atomic E-state index is 0.0444. The maximum Gasteiger partial charge on any atom is 0.416 e. The molecule has 1 unspecified atom stereocenters. The second-order valence-electron chi connectivity index (χ2n) is 10.7. The van der Waals surface area contributed by atoms with Crippen molar-refractivity contribution in [1.82, 2.24) is 9.97 Å². The van der Waals surface area contributed by atoms with E-state index >= 15 is 0 Å². The SMILES string of the molecule is C=CCCCC(C)Cc1ncc(-c2cc(NC(=C)C/C=C(\C=C/C)C(F)(F)F)cnc2C)cc1N1CCCCC1. The fourth-order valence-electron chi connectivity index (χ4n) is 5.08.